The SMILES string of the molecule is N=C(Cl)CC(OCC(O)CN1CCCCC1)N1CCCCC1. The molecule has 0 saturated carbocycles. The number of aliphatic hydroxyl groups excluding tert-OH is 1. The molecule has 6 heteroatoms. The molecule has 2 rings (SSSR count). The van der Waals surface area contributed by atoms with Crippen LogP contribution in [0.5, 0.6) is 0 Å². The van der Waals surface area contributed by atoms with Gasteiger partial charge in [-0.2, -0.15) is 0 Å². The van der Waals surface area contributed by atoms with Crippen LogP contribution in [0.3, 0.4) is 0 Å². The Kier molecular flexibility index (Phi) is 8.11. The third kappa shape index (κ3) is 6.50. The number of rotatable bonds is 8. The summed E-state index contributed by atoms with van der Waals surface area (Å²) in [7, 11) is 0. The lowest BCUT2D eigenvalue weighted by atomic mass is 10.1. The minimum atomic E-state index is -0.463. The molecule has 128 valence electrons. The van der Waals surface area contributed by atoms with E-state index in [4.69, 9.17) is 21.7 Å². The lowest BCUT2D eigenvalue weighted by Crippen LogP contribution is -2.44. The topological polar surface area (TPSA) is 59.8 Å². The Bertz CT molecular complexity index is 331. The van der Waals surface area contributed by atoms with E-state index >= 15 is 0 Å². The summed E-state index contributed by atoms with van der Waals surface area (Å²) < 4.78 is 5.92. The molecule has 0 spiro atoms. The number of hydrogen-bond acceptors (Lipinski definition) is 5. The average Bonchev–Trinajstić information content (AvgIpc) is 2.53. The van der Waals surface area contributed by atoms with Gasteiger partial charge in [-0.3, -0.25) is 10.3 Å². The fraction of sp³-hybridized carbons (Fsp3) is 0.938. The zero-order valence-corrected chi connectivity index (χ0v) is 14.2. The van der Waals surface area contributed by atoms with Gasteiger partial charge in [-0.1, -0.05) is 24.4 Å². The molecule has 2 unspecified atom stereocenters. The number of ether oxygens (including phenoxy) is 1. The maximum Gasteiger partial charge on any atom is 0.117 e. The van der Waals surface area contributed by atoms with E-state index in [-0.39, 0.29) is 11.4 Å². The first kappa shape index (κ1) is 18.1. The third-order valence-corrected chi connectivity index (χ3v) is 4.70. The fourth-order valence-electron chi connectivity index (χ4n) is 3.37. The summed E-state index contributed by atoms with van der Waals surface area (Å²) in [5.74, 6) is 0. The largest absolute Gasteiger partial charge is 0.389 e. The van der Waals surface area contributed by atoms with Crippen LogP contribution >= 0.6 is 11.6 Å². The number of halogens is 1. The number of β-amino-alcohol motifs (C(OH)–C–C–N with tert-alkyl or cyclic N) is 1. The summed E-state index contributed by atoms with van der Waals surface area (Å²) in [4.78, 5) is 4.57. The lowest BCUT2D eigenvalue weighted by molar-refractivity contribution is -0.0925. The summed E-state index contributed by atoms with van der Waals surface area (Å²) >= 11 is 5.77. The Morgan fingerprint density at radius 2 is 1.64 bits per heavy atom. The van der Waals surface area contributed by atoms with Gasteiger partial charge in [0.15, 0.2) is 0 Å². The average molecular weight is 332 g/mol. The Morgan fingerprint density at radius 1 is 1.05 bits per heavy atom. The summed E-state index contributed by atoms with van der Waals surface area (Å²) in [5, 5.41) is 17.9. The first-order chi connectivity index (χ1) is 10.6. The molecule has 2 atom stereocenters. The Labute approximate surface area is 139 Å². The molecule has 0 aromatic heterocycles. The molecule has 2 fully saturated rings. The standard InChI is InChI=1S/C16H30ClN3O2/c17-15(18)11-16(20-9-5-2-6-10-20)22-13-14(21)12-19-7-3-1-4-8-19/h14,16,18,21H,1-13H2. The van der Waals surface area contributed by atoms with Crippen LogP contribution in [0.15, 0.2) is 0 Å². The molecular weight excluding hydrogens is 302 g/mol. The van der Waals surface area contributed by atoms with E-state index in [9.17, 15) is 5.11 Å². The van der Waals surface area contributed by atoms with Crippen LogP contribution in [0, 0.1) is 5.41 Å². The van der Waals surface area contributed by atoms with Gasteiger partial charge in [0.2, 0.25) is 0 Å². The molecule has 2 N–H and O–H groups in total. The highest BCUT2D eigenvalue weighted by Crippen LogP contribution is 2.17. The van der Waals surface area contributed by atoms with Crippen LogP contribution in [0.1, 0.15) is 44.9 Å². The third-order valence-electron chi connectivity index (χ3n) is 4.55. The summed E-state index contributed by atoms with van der Waals surface area (Å²) in [5.41, 5.74) is 0. The van der Waals surface area contributed by atoms with Crippen molar-refractivity contribution < 1.29 is 9.84 Å². The molecule has 0 aromatic carbocycles. The van der Waals surface area contributed by atoms with Gasteiger partial charge < -0.3 is 14.7 Å². The molecule has 2 heterocycles. The second-order valence-corrected chi connectivity index (χ2v) is 6.96. The van der Waals surface area contributed by atoms with Gasteiger partial charge in [-0.05, 0) is 38.8 Å². The van der Waals surface area contributed by atoms with Crippen LogP contribution in [0.2, 0.25) is 0 Å². The minimum absolute atomic E-state index is 0.126. The second kappa shape index (κ2) is 9.83. The molecule has 2 aliphatic heterocycles. The van der Waals surface area contributed by atoms with Crippen molar-refractivity contribution in [3.63, 3.8) is 0 Å². The van der Waals surface area contributed by atoms with Gasteiger partial charge >= 0.3 is 0 Å². The van der Waals surface area contributed by atoms with E-state index in [2.05, 4.69) is 9.80 Å². The van der Waals surface area contributed by atoms with Crippen LogP contribution in [0.4, 0.5) is 0 Å². The monoisotopic (exact) mass is 331 g/mol. The van der Waals surface area contributed by atoms with E-state index in [1.54, 1.807) is 0 Å². The number of hydrogen-bond donors (Lipinski definition) is 2. The molecule has 0 aromatic rings. The number of piperidine rings is 2. The first-order valence-electron chi connectivity index (χ1n) is 8.64. The van der Waals surface area contributed by atoms with E-state index in [1.807, 2.05) is 0 Å². The van der Waals surface area contributed by atoms with Crippen molar-refractivity contribution in [2.75, 3.05) is 39.3 Å². The van der Waals surface area contributed by atoms with Crippen LogP contribution in [0.25, 0.3) is 0 Å². The van der Waals surface area contributed by atoms with Gasteiger partial charge in [-0.25, -0.2) is 0 Å². The highest BCUT2D eigenvalue weighted by molar-refractivity contribution is 6.64. The highest BCUT2D eigenvalue weighted by Gasteiger charge is 2.24. The van der Waals surface area contributed by atoms with Crippen LogP contribution < -0.4 is 0 Å². The zero-order chi connectivity index (χ0) is 15.8. The number of nitrogens with zero attached hydrogens (tertiary/aromatic N) is 2. The van der Waals surface area contributed by atoms with E-state index in [0.717, 1.165) is 26.2 Å². The van der Waals surface area contributed by atoms with Crippen molar-refractivity contribution in [3.05, 3.63) is 0 Å². The highest BCUT2D eigenvalue weighted by atomic mass is 35.5. The van der Waals surface area contributed by atoms with Gasteiger partial charge in [-0.15, -0.1) is 0 Å². The summed E-state index contributed by atoms with van der Waals surface area (Å²) in [6, 6.07) is 0. The number of aliphatic hydroxyl groups is 1. The molecular formula is C16H30ClN3O2. The van der Waals surface area contributed by atoms with E-state index < -0.39 is 6.10 Å². The molecule has 0 aliphatic carbocycles. The van der Waals surface area contributed by atoms with E-state index in [0.29, 0.717) is 19.6 Å². The molecule has 2 aliphatic rings. The molecule has 5 nitrogen and oxygen atoms in total. The van der Waals surface area contributed by atoms with Crippen LogP contribution in [-0.4, -0.2) is 71.7 Å². The number of nitrogens with one attached hydrogen (secondary N) is 1. The predicted octanol–water partition coefficient (Wildman–Crippen LogP) is 2.27. The predicted molar refractivity (Wildman–Crippen MR) is 89.7 cm³/mol. The van der Waals surface area contributed by atoms with Crippen LogP contribution in [-0.2, 0) is 4.74 Å². The Hall–Kier alpha value is -0.200. The maximum absolute atomic E-state index is 10.2. The maximum atomic E-state index is 10.2. The van der Waals surface area contributed by atoms with Crippen molar-refractivity contribution in [2.45, 2.75) is 57.3 Å². The summed E-state index contributed by atoms with van der Waals surface area (Å²) in [6.45, 7) is 5.17. The van der Waals surface area contributed by atoms with Crippen molar-refractivity contribution >= 4 is 16.8 Å². The lowest BCUT2D eigenvalue weighted by Gasteiger charge is -2.35. The first-order valence-corrected chi connectivity index (χ1v) is 9.02. The normalized spacial score (nSPS) is 24.1. The van der Waals surface area contributed by atoms with Gasteiger partial charge in [0.25, 0.3) is 0 Å². The summed E-state index contributed by atoms with van der Waals surface area (Å²) in [6.07, 6.45) is 7.16. The van der Waals surface area contributed by atoms with Crippen molar-refractivity contribution in [1.29, 1.82) is 5.41 Å². The molecule has 0 amide bonds. The second-order valence-electron chi connectivity index (χ2n) is 6.51. The fourth-order valence-corrected chi connectivity index (χ4v) is 3.50. The van der Waals surface area contributed by atoms with Gasteiger partial charge in [0, 0.05) is 26.1 Å². The van der Waals surface area contributed by atoms with Gasteiger partial charge in [0.05, 0.1) is 12.7 Å². The molecule has 22 heavy (non-hydrogen) atoms. The van der Waals surface area contributed by atoms with E-state index in [1.165, 1.54) is 38.5 Å². The van der Waals surface area contributed by atoms with Crippen molar-refractivity contribution in [1.82, 2.24) is 9.80 Å². The number of likely N-dealkylation sites (tertiary alicyclic amines) is 2. The van der Waals surface area contributed by atoms with Crippen molar-refractivity contribution in [2.24, 2.45) is 0 Å². The van der Waals surface area contributed by atoms with Crippen molar-refractivity contribution in [3.8, 4) is 0 Å². The Balaban J connectivity index is 1.74. The smallest absolute Gasteiger partial charge is 0.117 e. The minimum Gasteiger partial charge on any atom is -0.389 e. The zero-order valence-electron chi connectivity index (χ0n) is 13.5. The quantitative estimate of drug-likeness (QED) is 0.670. The molecule has 0 radical (unpaired) electrons. The van der Waals surface area contributed by atoms with Gasteiger partial charge in [0.1, 0.15) is 11.4 Å². The Morgan fingerprint density at radius 3 is 2.23 bits per heavy atom. The molecule has 0 bridgehead atoms. The molecule has 2 saturated heterocycles.